The molecule has 102 valence electrons. The highest BCUT2D eigenvalue weighted by molar-refractivity contribution is 7.86. The molecule has 1 fully saturated rings. The third kappa shape index (κ3) is 4.36. The highest BCUT2D eigenvalue weighted by Crippen LogP contribution is 2.25. The highest BCUT2D eigenvalue weighted by Gasteiger charge is 2.30. The summed E-state index contributed by atoms with van der Waals surface area (Å²) in [7, 11) is 1.33. The number of nitrogens with one attached hydrogen (secondary N) is 1. The summed E-state index contributed by atoms with van der Waals surface area (Å²) in [6.07, 6.45) is 7.53. The Balaban J connectivity index is 2.70. The Morgan fingerprint density at radius 2 is 1.65 bits per heavy atom. The predicted octanol–water partition coefficient (Wildman–Crippen LogP) is 3.09. The smallest absolute Gasteiger partial charge is 0.0503 e. The Bertz CT molecular complexity index is 242. The van der Waals surface area contributed by atoms with E-state index in [4.69, 9.17) is 0 Å². The van der Waals surface area contributed by atoms with Gasteiger partial charge in [0.15, 0.2) is 0 Å². The minimum Gasteiger partial charge on any atom is -0.316 e. The lowest BCUT2D eigenvalue weighted by atomic mass is 9.96. The van der Waals surface area contributed by atoms with Crippen molar-refractivity contribution < 1.29 is 4.21 Å². The van der Waals surface area contributed by atoms with Crippen molar-refractivity contribution in [1.29, 1.82) is 0 Å². The van der Waals surface area contributed by atoms with Crippen LogP contribution in [0.4, 0.5) is 0 Å². The van der Waals surface area contributed by atoms with E-state index in [1.807, 2.05) is 7.05 Å². The SMILES string of the molecule is CNC1CCCCCCC1S(=O)C(C)C(C)C. The molecule has 3 heteroatoms. The molecule has 1 saturated carbocycles. The van der Waals surface area contributed by atoms with Gasteiger partial charge >= 0.3 is 0 Å². The van der Waals surface area contributed by atoms with Crippen LogP contribution >= 0.6 is 0 Å². The van der Waals surface area contributed by atoms with Crippen molar-refractivity contribution >= 4 is 10.8 Å². The molecule has 1 aliphatic carbocycles. The Labute approximate surface area is 109 Å². The molecule has 2 nitrogen and oxygen atoms in total. The van der Waals surface area contributed by atoms with Crippen LogP contribution in [-0.2, 0) is 10.8 Å². The third-order valence-corrected chi connectivity index (χ3v) is 6.62. The summed E-state index contributed by atoms with van der Waals surface area (Å²) < 4.78 is 12.6. The first kappa shape index (κ1) is 15.2. The van der Waals surface area contributed by atoms with Gasteiger partial charge < -0.3 is 5.32 Å². The van der Waals surface area contributed by atoms with Gasteiger partial charge in [-0.15, -0.1) is 0 Å². The van der Waals surface area contributed by atoms with Crippen LogP contribution in [0.5, 0.6) is 0 Å². The molecule has 0 bridgehead atoms. The van der Waals surface area contributed by atoms with Crippen molar-refractivity contribution in [1.82, 2.24) is 5.32 Å². The summed E-state index contributed by atoms with van der Waals surface area (Å²) in [5, 5.41) is 4.08. The van der Waals surface area contributed by atoms with Crippen LogP contribution < -0.4 is 5.32 Å². The second kappa shape index (κ2) is 7.52. The Kier molecular flexibility index (Phi) is 6.71. The van der Waals surface area contributed by atoms with Gasteiger partial charge in [-0.3, -0.25) is 4.21 Å². The van der Waals surface area contributed by atoms with Gasteiger partial charge in [-0.1, -0.05) is 46.5 Å². The molecule has 1 rings (SSSR count). The molecule has 0 aromatic rings. The molecule has 0 spiro atoms. The largest absolute Gasteiger partial charge is 0.316 e. The molecular weight excluding hydrogens is 230 g/mol. The van der Waals surface area contributed by atoms with E-state index >= 15 is 0 Å². The van der Waals surface area contributed by atoms with E-state index in [1.54, 1.807) is 0 Å². The molecule has 4 atom stereocenters. The van der Waals surface area contributed by atoms with E-state index in [2.05, 4.69) is 26.1 Å². The minimum absolute atomic E-state index is 0.315. The predicted molar refractivity (Wildman–Crippen MR) is 76.8 cm³/mol. The second-order valence-corrected chi connectivity index (χ2v) is 7.71. The van der Waals surface area contributed by atoms with E-state index in [0.717, 1.165) is 6.42 Å². The molecule has 0 aliphatic heterocycles. The van der Waals surface area contributed by atoms with Gasteiger partial charge in [0.25, 0.3) is 0 Å². The van der Waals surface area contributed by atoms with Gasteiger partial charge in [0.05, 0.1) is 5.25 Å². The maximum atomic E-state index is 12.6. The molecule has 1 aliphatic rings. The van der Waals surface area contributed by atoms with Crippen molar-refractivity contribution in [2.75, 3.05) is 7.05 Å². The first-order valence-corrected chi connectivity index (χ1v) is 8.42. The Hall–Kier alpha value is 0.110. The zero-order valence-corrected chi connectivity index (χ0v) is 12.7. The van der Waals surface area contributed by atoms with E-state index in [1.165, 1.54) is 32.1 Å². The monoisotopic (exact) mass is 259 g/mol. The third-order valence-electron chi connectivity index (χ3n) is 4.18. The summed E-state index contributed by atoms with van der Waals surface area (Å²) in [6, 6.07) is 0.456. The molecule has 0 heterocycles. The lowest BCUT2D eigenvalue weighted by molar-refractivity contribution is 0.411. The van der Waals surface area contributed by atoms with Crippen LogP contribution in [0.3, 0.4) is 0 Å². The molecule has 0 amide bonds. The van der Waals surface area contributed by atoms with E-state index in [-0.39, 0.29) is 0 Å². The van der Waals surface area contributed by atoms with E-state index in [0.29, 0.717) is 22.5 Å². The van der Waals surface area contributed by atoms with Gasteiger partial charge in [-0.25, -0.2) is 0 Å². The van der Waals surface area contributed by atoms with Crippen molar-refractivity contribution in [3.63, 3.8) is 0 Å². The Morgan fingerprint density at radius 3 is 2.18 bits per heavy atom. The van der Waals surface area contributed by atoms with Crippen molar-refractivity contribution in [2.45, 2.75) is 75.8 Å². The average molecular weight is 259 g/mol. The maximum absolute atomic E-state index is 12.6. The summed E-state index contributed by atoms with van der Waals surface area (Å²) in [5.41, 5.74) is 0. The number of hydrogen-bond acceptors (Lipinski definition) is 2. The standard InChI is InChI=1S/C14H29NOS/c1-11(2)12(3)17(16)14-10-8-6-5-7-9-13(14)15-4/h11-15H,5-10H2,1-4H3. The van der Waals surface area contributed by atoms with Crippen LogP contribution in [-0.4, -0.2) is 27.8 Å². The molecule has 0 aromatic heterocycles. The molecule has 17 heavy (non-hydrogen) atoms. The topological polar surface area (TPSA) is 29.1 Å². The number of hydrogen-bond donors (Lipinski definition) is 1. The van der Waals surface area contributed by atoms with Crippen LogP contribution in [0.1, 0.15) is 59.3 Å². The van der Waals surface area contributed by atoms with Crippen molar-refractivity contribution in [3.05, 3.63) is 0 Å². The summed E-state index contributed by atoms with van der Waals surface area (Å²) in [5.74, 6) is 0.513. The summed E-state index contributed by atoms with van der Waals surface area (Å²) in [4.78, 5) is 0. The van der Waals surface area contributed by atoms with E-state index < -0.39 is 10.8 Å². The second-order valence-electron chi connectivity index (χ2n) is 5.70. The average Bonchev–Trinajstić information content (AvgIpc) is 2.27. The van der Waals surface area contributed by atoms with Gasteiger partial charge in [-0.05, 0) is 25.8 Å². The summed E-state index contributed by atoms with van der Waals surface area (Å²) >= 11 is 0. The summed E-state index contributed by atoms with van der Waals surface area (Å²) in [6.45, 7) is 6.51. The first-order chi connectivity index (χ1) is 8.07. The molecular formula is C14H29NOS. The van der Waals surface area contributed by atoms with Gasteiger partial charge in [-0.2, -0.15) is 0 Å². The molecule has 0 radical (unpaired) electrons. The first-order valence-electron chi connectivity index (χ1n) is 7.14. The van der Waals surface area contributed by atoms with Gasteiger partial charge in [0, 0.05) is 22.1 Å². The molecule has 1 N–H and O–H groups in total. The fraction of sp³-hybridized carbons (Fsp3) is 1.00. The maximum Gasteiger partial charge on any atom is 0.0503 e. The van der Waals surface area contributed by atoms with Crippen LogP contribution in [0.25, 0.3) is 0 Å². The minimum atomic E-state index is -0.693. The normalized spacial score (nSPS) is 30.6. The van der Waals surface area contributed by atoms with E-state index in [9.17, 15) is 4.21 Å². The quantitative estimate of drug-likeness (QED) is 0.840. The van der Waals surface area contributed by atoms with Crippen LogP contribution in [0.2, 0.25) is 0 Å². The fourth-order valence-electron chi connectivity index (χ4n) is 2.60. The molecule has 0 saturated heterocycles. The van der Waals surface area contributed by atoms with Crippen molar-refractivity contribution in [3.8, 4) is 0 Å². The molecule has 4 unspecified atom stereocenters. The lowest BCUT2D eigenvalue weighted by Crippen LogP contribution is -2.44. The number of rotatable bonds is 4. The highest BCUT2D eigenvalue weighted by atomic mass is 32.2. The fourth-order valence-corrected chi connectivity index (χ4v) is 4.69. The Morgan fingerprint density at radius 1 is 1.06 bits per heavy atom. The zero-order valence-electron chi connectivity index (χ0n) is 11.9. The zero-order chi connectivity index (χ0) is 12.8. The van der Waals surface area contributed by atoms with Crippen LogP contribution in [0, 0.1) is 5.92 Å². The molecule has 0 aromatic carbocycles. The van der Waals surface area contributed by atoms with Crippen molar-refractivity contribution in [2.24, 2.45) is 5.92 Å². The van der Waals surface area contributed by atoms with Gasteiger partial charge in [0.1, 0.15) is 0 Å². The lowest BCUT2D eigenvalue weighted by Gasteiger charge is -2.31. The van der Waals surface area contributed by atoms with Gasteiger partial charge in [0.2, 0.25) is 0 Å². The van der Waals surface area contributed by atoms with Crippen LogP contribution in [0.15, 0.2) is 0 Å².